The van der Waals surface area contributed by atoms with Crippen molar-refractivity contribution in [3.63, 3.8) is 0 Å². The monoisotopic (exact) mass is 415 g/mol. The topological polar surface area (TPSA) is 128 Å². The minimum Gasteiger partial charge on any atom is -0.354 e. The molecule has 3 fully saturated rings. The number of piperidine rings is 2. The molecule has 3 amide bonds. The lowest BCUT2D eigenvalue weighted by molar-refractivity contribution is -0.147. The van der Waals surface area contributed by atoms with Gasteiger partial charge in [0.1, 0.15) is 12.1 Å². The largest absolute Gasteiger partial charge is 0.354 e. The molecule has 10 nitrogen and oxygen atoms in total. The number of nitrogens with zero attached hydrogens (tertiary/aromatic N) is 2. The number of sulfonamides is 1. The molecular formula is C17H29N5O5S. The highest BCUT2D eigenvalue weighted by atomic mass is 32.2. The summed E-state index contributed by atoms with van der Waals surface area (Å²) in [5, 5.41) is 8.64. The smallest absolute Gasteiger partial charge is 0.244 e. The van der Waals surface area contributed by atoms with Gasteiger partial charge in [-0.25, -0.2) is 8.42 Å². The van der Waals surface area contributed by atoms with Gasteiger partial charge in [0.15, 0.2) is 0 Å². The van der Waals surface area contributed by atoms with Crippen molar-refractivity contribution in [3.8, 4) is 0 Å². The maximum absolute atomic E-state index is 13.1. The summed E-state index contributed by atoms with van der Waals surface area (Å²) in [6.45, 7) is 2.33. The molecule has 0 spiro atoms. The Hall–Kier alpha value is -1.72. The zero-order chi connectivity index (χ0) is 20.3. The zero-order valence-corrected chi connectivity index (χ0v) is 17.0. The molecule has 158 valence electrons. The predicted octanol–water partition coefficient (Wildman–Crippen LogP) is -2.15. The molecule has 0 aliphatic carbocycles. The third-order valence-corrected chi connectivity index (χ3v) is 6.96. The molecule has 0 radical (unpaired) electrons. The van der Waals surface area contributed by atoms with Gasteiger partial charge in [-0.15, -0.1) is 0 Å². The molecule has 11 heteroatoms. The van der Waals surface area contributed by atoms with Crippen LogP contribution in [-0.2, 0) is 24.4 Å². The molecule has 3 N–H and O–H groups in total. The summed E-state index contributed by atoms with van der Waals surface area (Å²) in [7, 11) is -3.48. The summed E-state index contributed by atoms with van der Waals surface area (Å²) in [5.41, 5.74) is 0. The van der Waals surface area contributed by atoms with Crippen molar-refractivity contribution in [2.24, 2.45) is 5.92 Å². The van der Waals surface area contributed by atoms with Gasteiger partial charge in [0.05, 0.1) is 6.26 Å². The molecule has 0 aromatic carbocycles. The van der Waals surface area contributed by atoms with Gasteiger partial charge in [0.2, 0.25) is 27.7 Å². The fourth-order valence-electron chi connectivity index (χ4n) is 4.03. The summed E-state index contributed by atoms with van der Waals surface area (Å²) in [4.78, 5) is 39.5. The molecule has 2 atom stereocenters. The molecule has 0 aromatic rings. The Labute approximate surface area is 165 Å². The second-order valence-electron chi connectivity index (χ2n) is 7.69. The average molecular weight is 416 g/mol. The van der Waals surface area contributed by atoms with E-state index in [0.717, 1.165) is 25.8 Å². The van der Waals surface area contributed by atoms with E-state index in [1.807, 2.05) is 0 Å². The minimum absolute atomic E-state index is 0.0876. The number of piperazine rings is 1. The van der Waals surface area contributed by atoms with Gasteiger partial charge in [0, 0.05) is 32.1 Å². The van der Waals surface area contributed by atoms with Crippen molar-refractivity contribution in [2.75, 3.05) is 45.5 Å². The predicted molar refractivity (Wildman–Crippen MR) is 102 cm³/mol. The molecule has 3 aliphatic heterocycles. The van der Waals surface area contributed by atoms with Crippen molar-refractivity contribution < 1.29 is 22.8 Å². The highest BCUT2D eigenvalue weighted by molar-refractivity contribution is 7.88. The Bertz CT molecular complexity index is 721. The van der Waals surface area contributed by atoms with Crippen LogP contribution in [0.4, 0.5) is 0 Å². The Morgan fingerprint density at radius 2 is 1.82 bits per heavy atom. The third-order valence-electron chi connectivity index (χ3n) is 5.69. The summed E-state index contributed by atoms with van der Waals surface area (Å²) in [6, 6.07) is -1.58. The molecule has 0 aromatic heterocycles. The van der Waals surface area contributed by atoms with Crippen molar-refractivity contribution in [1.29, 1.82) is 0 Å². The third kappa shape index (κ3) is 4.81. The van der Waals surface area contributed by atoms with E-state index in [2.05, 4.69) is 16.0 Å². The van der Waals surface area contributed by atoms with E-state index in [-0.39, 0.29) is 37.4 Å². The first-order chi connectivity index (χ1) is 13.3. The zero-order valence-electron chi connectivity index (χ0n) is 16.1. The molecule has 3 rings (SSSR count). The number of amides is 3. The van der Waals surface area contributed by atoms with Crippen LogP contribution in [0.25, 0.3) is 0 Å². The van der Waals surface area contributed by atoms with E-state index in [4.69, 9.17) is 0 Å². The number of nitrogens with one attached hydrogen (secondary N) is 3. The average Bonchev–Trinajstić information content (AvgIpc) is 2.68. The van der Waals surface area contributed by atoms with E-state index in [9.17, 15) is 22.8 Å². The lowest BCUT2D eigenvalue weighted by Crippen LogP contribution is -2.64. The molecule has 3 heterocycles. The molecular weight excluding hydrogens is 386 g/mol. The van der Waals surface area contributed by atoms with Crippen molar-refractivity contribution in [2.45, 2.75) is 37.8 Å². The number of hydrogen-bond donors (Lipinski definition) is 3. The highest BCUT2D eigenvalue weighted by Gasteiger charge is 2.41. The maximum atomic E-state index is 13.1. The first kappa shape index (κ1) is 21.0. The molecule has 0 saturated carbocycles. The number of rotatable bonds is 4. The Balaban J connectivity index is 1.76. The first-order valence-corrected chi connectivity index (χ1v) is 11.7. The molecule has 3 aliphatic rings. The lowest BCUT2D eigenvalue weighted by atomic mass is 9.95. The van der Waals surface area contributed by atoms with Crippen LogP contribution in [0, 0.1) is 5.92 Å². The van der Waals surface area contributed by atoms with Crippen molar-refractivity contribution in [3.05, 3.63) is 0 Å². The molecule has 28 heavy (non-hydrogen) atoms. The Kier molecular flexibility index (Phi) is 6.56. The van der Waals surface area contributed by atoms with Gasteiger partial charge in [0.25, 0.3) is 0 Å². The fourth-order valence-corrected chi connectivity index (χ4v) is 4.85. The molecule has 2 unspecified atom stereocenters. The number of carbonyl (C=O) groups is 3. The van der Waals surface area contributed by atoms with E-state index < -0.39 is 28.0 Å². The summed E-state index contributed by atoms with van der Waals surface area (Å²) in [6.07, 6.45) is 3.78. The second-order valence-corrected chi connectivity index (χ2v) is 9.67. The summed E-state index contributed by atoms with van der Waals surface area (Å²) < 4.78 is 25.2. The standard InChI is InChI=1S/C17H29N5O5S/c1-28(26,27)21-9-10-22(17(25)12-4-7-18-8-5-12)14(11-21)16(24)20-13-3-2-6-19-15(13)23/h12-14,18H,2-11H2,1H3,(H,19,23)(H,20,24). The van der Waals surface area contributed by atoms with Crippen LogP contribution in [-0.4, -0.2) is 93.0 Å². The Morgan fingerprint density at radius 1 is 1.11 bits per heavy atom. The van der Waals surface area contributed by atoms with E-state index in [1.165, 1.54) is 9.21 Å². The van der Waals surface area contributed by atoms with Gasteiger partial charge in [-0.1, -0.05) is 0 Å². The molecule has 3 saturated heterocycles. The van der Waals surface area contributed by atoms with Gasteiger partial charge in [-0.3, -0.25) is 14.4 Å². The number of carbonyl (C=O) groups excluding carboxylic acids is 3. The second kappa shape index (κ2) is 8.75. The van der Waals surface area contributed by atoms with Gasteiger partial charge in [-0.05, 0) is 38.8 Å². The van der Waals surface area contributed by atoms with Crippen molar-refractivity contribution >= 4 is 27.7 Å². The van der Waals surface area contributed by atoms with E-state index in [0.29, 0.717) is 25.8 Å². The maximum Gasteiger partial charge on any atom is 0.244 e. The normalized spacial score (nSPS) is 27.9. The van der Waals surface area contributed by atoms with Gasteiger partial charge >= 0.3 is 0 Å². The Morgan fingerprint density at radius 3 is 2.46 bits per heavy atom. The van der Waals surface area contributed by atoms with Gasteiger partial charge in [-0.2, -0.15) is 4.31 Å². The van der Waals surface area contributed by atoms with E-state index >= 15 is 0 Å². The van der Waals surface area contributed by atoms with Gasteiger partial charge < -0.3 is 20.9 Å². The van der Waals surface area contributed by atoms with Crippen LogP contribution in [0.3, 0.4) is 0 Å². The minimum atomic E-state index is -3.48. The molecule has 0 bridgehead atoms. The first-order valence-electron chi connectivity index (χ1n) is 9.82. The van der Waals surface area contributed by atoms with E-state index in [1.54, 1.807) is 0 Å². The highest BCUT2D eigenvalue weighted by Crippen LogP contribution is 2.21. The SMILES string of the molecule is CS(=O)(=O)N1CCN(C(=O)C2CCNCC2)C(C(=O)NC2CCCNC2=O)C1. The van der Waals surface area contributed by atoms with Crippen LogP contribution in [0.1, 0.15) is 25.7 Å². The number of hydrogen-bond acceptors (Lipinski definition) is 6. The van der Waals surface area contributed by atoms with Crippen LogP contribution in [0.5, 0.6) is 0 Å². The van der Waals surface area contributed by atoms with Crippen LogP contribution in [0.2, 0.25) is 0 Å². The van der Waals surface area contributed by atoms with Crippen molar-refractivity contribution in [1.82, 2.24) is 25.2 Å². The summed E-state index contributed by atoms with van der Waals surface area (Å²) in [5.74, 6) is -0.994. The fraction of sp³-hybridized carbons (Fsp3) is 0.824. The quantitative estimate of drug-likeness (QED) is 0.481. The summed E-state index contributed by atoms with van der Waals surface area (Å²) >= 11 is 0. The van der Waals surface area contributed by atoms with Crippen LogP contribution in [0.15, 0.2) is 0 Å². The van der Waals surface area contributed by atoms with Crippen LogP contribution >= 0.6 is 0 Å². The van der Waals surface area contributed by atoms with Crippen LogP contribution < -0.4 is 16.0 Å². The lowest BCUT2D eigenvalue weighted by Gasteiger charge is -2.41.